The number of ether oxygens (including phenoxy) is 1. The van der Waals surface area contributed by atoms with E-state index in [1.165, 1.54) is 4.90 Å². The molecule has 1 saturated heterocycles. The molecule has 0 aromatic rings. The highest BCUT2D eigenvalue weighted by molar-refractivity contribution is 5.78. The molecule has 0 aromatic heterocycles. The predicted molar refractivity (Wildman–Crippen MR) is 93.4 cm³/mol. The van der Waals surface area contributed by atoms with E-state index in [0.29, 0.717) is 13.0 Å². The summed E-state index contributed by atoms with van der Waals surface area (Å²) in [5.41, 5.74) is -0.701. The minimum Gasteiger partial charge on any atom is -0.460 e. The van der Waals surface area contributed by atoms with E-state index in [0.717, 1.165) is 25.7 Å². The Morgan fingerprint density at radius 2 is 1.81 bits per heavy atom. The first-order valence-corrected chi connectivity index (χ1v) is 9.42. The standard InChI is InChI=1S/C19H32F3NO3/c1-6-7-8-14-9-10-15(13(2)26-17(25)18(3,4)5)23(12-14)16(24)11-19(20,21)22/h13-15H,6-12H2,1-5H3/t13-,14?,15?/m0/s1. The molecule has 0 bridgehead atoms. The highest BCUT2D eigenvalue weighted by Crippen LogP contribution is 2.31. The molecule has 0 aliphatic carbocycles. The molecular weight excluding hydrogens is 347 g/mol. The molecule has 1 aliphatic heterocycles. The minimum absolute atomic E-state index is 0.203. The predicted octanol–water partition coefficient (Wildman–Crippen LogP) is 4.71. The molecule has 4 nitrogen and oxygen atoms in total. The van der Waals surface area contributed by atoms with Crippen LogP contribution in [-0.2, 0) is 14.3 Å². The van der Waals surface area contributed by atoms with Crippen LogP contribution in [0.15, 0.2) is 0 Å². The molecule has 2 unspecified atom stereocenters. The van der Waals surface area contributed by atoms with Gasteiger partial charge in [-0.05, 0) is 52.9 Å². The molecule has 0 aromatic carbocycles. The Bertz CT molecular complexity index is 485. The number of amides is 1. The maximum Gasteiger partial charge on any atom is 0.397 e. The zero-order valence-electron chi connectivity index (χ0n) is 16.5. The Kier molecular flexibility index (Phi) is 7.96. The topological polar surface area (TPSA) is 46.6 Å². The Morgan fingerprint density at radius 3 is 2.31 bits per heavy atom. The second kappa shape index (κ2) is 9.09. The molecule has 1 amide bonds. The van der Waals surface area contributed by atoms with Crippen LogP contribution >= 0.6 is 0 Å². The average molecular weight is 379 g/mol. The van der Waals surface area contributed by atoms with E-state index in [-0.39, 0.29) is 5.92 Å². The fourth-order valence-electron chi connectivity index (χ4n) is 3.27. The maximum absolute atomic E-state index is 12.7. The van der Waals surface area contributed by atoms with Gasteiger partial charge in [-0.1, -0.05) is 19.8 Å². The summed E-state index contributed by atoms with van der Waals surface area (Å²) < 4.78 is 43.6. The highest BCUT2D eigenvalue weighted by Gasteiger charge is 2.41. The second-order valence-electron chi connectivity index (χ2n) is 8.35. The van der Waals surface area contributed by atoms with Crippen molar-refractivity contribution < 1.29 is 27.5 Å². The number of hydrogen-bond donors (Lipinski definition) is 0. The quantitative estimate of drug-likeness (QED) is 0.628. The van der Waals surface area contributed by atoms with E-state index in [1.54, 1.807) is 27.7 Å². The molecule has 0 N–H and O–H groups in total. The van der Waals surface area contributed by atoms with Gasteiger partial charge >= 0.3 is 12.1 Å². The first kappa shape index (κ1) is 22.8. The summed E-state index contributed by atoms with van der Waals surface area (Å²) in [6.07, 6.45) is -2.36. The van der Waals surface area contributed by atoms with Crippen LogP contribution in [0.4, 0.5) is 13.2 Å². The third-order valence-corrected chi connectivity index (χ3v) is 4.81. The van der Waals surface area contributed by atoms with Crippen molar-refractivity contribution >= 4 is 11.9 Å². The lowest BCUT2D eigenvalue weighted by atomic mass is 9.87. The van der Waals surface area contributed by atoms with E-state index in [9.17, 15) is 22.8 Å². The van der Waals surface area contributed by atoms with Gasteiger partial charge in [0.05, 0.1) is 11.5 Å². The first-order chi connectivity index (χ1) is 11.8. The fourth-order valence-corrected chi connectivity index (χ4v) is 3.27. The third-order valence-electron chi connectivity index (χ3n) is 4.81. The molecule has 152 valence electrons. The van der Waals surface area contributed by atoms with Crippen LogP contribution in [-0.4, -0.2) is 41.6 Å². The molecule has 3 atom stereocenters. The van der Waals surface area contributed by atoms with Crippen molar-refractivity contribution in [2.24, 2.45) is 11.3 Å². The van der Waals surface area contributed by atoms with Gasteiger partial charge in [0, 0.05) is 6.54 Å². The van der Waals surface area contributed by atoms with Crippen molar-refractivity contribution in [3.63, 3.8) is 0 Å². The van der Waals surface area contributed by atoms with Crippen LogP contribution < -0.4 is 0 Å². The number of nitrogens with zero attached hydrogens (tertiary/aromatic N) is 1. The number of hydrogen-bond acceptors (Lipinski definition) is 3. The second-order valence-corrected chi connectivity index (χ2v) is 8.35. The number of piperidine rings is 1. The van der Waals surface area contributed by atoms with Crippen molar-refractivity contribution in [3.8, 4) is 0 Å². The van der Waals surface area contributed by atoms with Crippen LogP contribution in [0, 0.1) is 11.3 Å². The highest BCUT2D eigenvalue weighted by atomic mass is 19.4. The molecule has 0 spiro atoms. The van der Waals surface area contributed by atoms with Crippen LogP contribution in [0.2, 0.25) is 0 Å². The minimum atomic E-state index is -4.54. The number of unbranched alkanes of at least 4 members (excludes halogenated alkanes) is 1. The fraction of sp³-hybridized carbons (Fsp3) is 0.895. The first-order valence-electron chi connectivity index (χ1n) is 9.42. The normalized spacial score (nSPS) is 22.8. The van der Waals surface area contributed by atoms with Gasteiger partial charge in [-0.15, -0.1) is 0 Å². The number of carbonyl (C=O) groups excluding carboxylic acids is 2. The Hall–Kier alpha value is -1.27. The van der Waals surface area contributed by atoms with E-state index in [2.05, 4.69) is 6.92 Å². The molecule has 7 heteroatoms. The summed E-state index contributed by atoms with van der Waals surface area (Å²) in [5, 5.41) is 0. The summed E-state index contributed by atoms with van der Waals surface area (Å²) in [6, 6.07) is -0.506. The summed E-state index contributed by atoms with van der Waals surface area (Å²) in [6.45, 7) is 9.18. The molecule has 26 heavy (non-hydrogen) atoms. The average Bonchev–Trinajstić information content (AvgIpc) is 2.49. The number of rotatable bonds is 6. The van der Waals surface area contributed by atoms with Gasteiger partial charge in [0.15, 0.2) is 0 Å². The van der Waals surface area contributed by atoms with Crippen molar-refractivity contribution in [2.45, 2.75) is 91.5 Å². The number of carbonyl (C=O) groups is 2. The Labute approximate surface area is 154 Å². The van der Waals surface area contributed by atoms with E-state index >= 15 is 0 Å². The molecule has 1 aliphatic rings. The third kappa shape index (κ3) is 7.16. The monoisotopic (exact) mass is 379 g/mol. The smallest absolute Gasteiger partial charge is 0.397 e. The summed E-state index contributed by atoms with van der Waals surface area (Å²) in [7, 11) is 0. The lowest BCUT2D eigenvalue weighted by Gasteiger charge is -2.42. The van der Waals surface area contributed by atoms with Crippen molar-refractivity contribution in [1.82, 2.24) is 4.90 Å². The number of esters is 1. The summed E-state index contributed by atoms with van der Waals surface area (Å²) >= 11 is 0. The number of likely N-dealkylation sites (tertiary alicyclic amines) is 1. The summed E-state index contributed by atoms with van der Waals surface area (Å²) in [4.78, 5) is 25.7. The molecule has 1 heterocycles. The lowest BCUT2D eigenvalue weighted by molar-refractivity contribution is -0.174. The zero-order valence-corrected chi connectivity index (χ0v) is 16.5. The SMILES string of the molecule is CCCCC1CCC([C@H](C)OC(=O)C(C)(C)C)N(C(=O)CC(F)(F)F)C1. The lowest BCUT2D eigenvalue weighted by Crippen LogP contribution is -2.53. The number of alkyl halides is 3. The van der Waals surface area contributed by atoms with Crippen LogP contribution in [0.5, 0.6) is 0 Å². The van der Waals surface area contributed by atoms with Gasteiger partial charge in [-0.25, -0.2) is 0 Å². The molecule has 1 fully saturated rings. The van der Waals surface area contributed by atoms with Gasteiger partial charge in [-0.3, -0.25) is 9.59 Å². The molecule has 0 radical (unpaired) electrons. The largest absolute Gasteiger partial charge is 0.460 e. The Balaban J connectivity index is 2.88. The zero-order chi connectivity index (χ0) is 20.1. The van der Waals surface area contributed by atoms with Crippen molar-refractivity contribution in [1.29, 1.82) is 0 Å². The molecule has 1 rings (SSSR count). The van der Waals surface area contributed by atoms with Crippen LogP contribution in [0.1, 0.15) is 73.1 Å². The summed E-state index contributed by atoms with van der Waals surface area (Å²) in [5.74, 6) is -1.14. The van der Waals surface area contributed by atoms with Gasteiger partial charge in [0.2, 0.25) is 5.91 Å². The maximum atomic E-state index is 12.7. The van der Waals surface area contributed by atoms with Crippen LogP contribution in [0.25, 0.3) is 0 Å². The van der Waals surface area contributed by atoms with E-state index < -0.39 is 42.0 Å². The molecule has 0 saturated carbocycles. The number of halogens is 3. The van der Waals surface area contributed by atoms with Crippen LogP contribution in [0.3, 0.4) is 0 Å². The van der Waals surface area contributed by atoms with Gasteiger partial charge < -0.3 is 9.64 Å². The molecular formula is C19H32F3NO3. The van der Waals surface area contributed by atoms with Crippen molar-refractivity contribution in [3.05, 3.63) is 0 Å². The Morgan fingerprint density at radius 1 is 1.19 bits per heavy atom. The van der Waals surface area contributed by atoms with E-state index in [1.807, 2.05) is 0 Å². The van der Waals surface area contributed by atoms with Gasteiger partial charge in [-0.2, -0.15) is 13.2 Å². The van der Waals surface area contributed by atoms with E-state index in [4.69, 9.17) is 4.74 Å². The van der Waals surface area contributed by atoms with Crippen molar-refractivity contribution in [2.75, 3.05) is 6.54 Å². The van der Waals surface area contributed by atoms with Gasteiger partial charge in [0.25, 0.3) is 0 Å². The van der Waals surface area contributed by atoms with Gasteiger partial charge in [0.1, 0.15) is 12.5 Å².